The Kier molecular flexibility index (Phi) is 53.4. The van der Waals surface area contributed by atoms with Crippen LogP contribution in [0.15, 0.2) is 0 Å². The molecule has 0 rings (SSSR count). The second kappa shape index (κ2) is 15.7. The summed E-state index contributed by atoms with van der Waals surface area (Å²) >= 11 is 0. The van der Waals surface area contributed by atoms with Crippen LogP contribution in [0.4, 0.5) is 0 Å². The van der Waals surface area contributed by atoms with E-state index in [0.29, 0.717) is 0 Å². The maximum Gasteiger partial charge on any atom is 1.00 e. The molecule has 0 aromatic rings. The summed E-state index contributed by atoms with van der Waals surface area (Å²) in [6.07, 6.45) is 0. The van der Waals surface area contributed by atoms with Crippen molar-refractivity contribution < 1.29 is 49.4 Å². The third-order valence-corrected chi connectivity index (χ3v) is 0. The molecule has 0 bridgehead atoms. The first-order chi connectivity index (χ1) is 1.73. The first kappa shape index (κ1) is 23.9. The maximum atomic E-state index is 8.59. The van der Waals surface area contributed by atoms with Crippen LogP contribution in [-0.4, -0.2) is 10.4 Å². The van der Waals surface area contributed by atoms with E-state index >= 15 is 0 Å². The molecular formula is H5NaO4PS+. The summed E-state index contributed by atoms with van der Waals surface area (Å²) in [4.78, 5) is 15.6. The summed E-state index contributed by atoms with van der Waals surface area (Å²) in [6.45, 7) is 0. The van der Waals surface area contributed by atoms with E-state index in [9.17, 15) is 0 Å². The topological polar surface area (TPSA) is 90.4 Å². The molecule has 0 aromatic heterocycles. The smallest absolute Gasteiger partial charge is 0.870 e. The average molecular weight is 155 g/mol. The minimum atomic E-state index is -3.12. The molecule has 0 amide bonds. The molecule has 0 aliphatic rings. The Labute approximate surface area is 70.9 Å². The molecule has 0 heterocycles. The fourth-order valence-corrected chi connectivity index (χ4v) is 0. The summed E-state index contributed by atoms with van der Waals surface area (Å²) in [5, 5.41) is 0. The van der Waals surface area contributed by atoms with Crippen molar-refractivity contribution in [3.05, 3.63) is 0 Å². The van der Waals surface area contributed by atoms with Crippen LogP contribution in [0.2, 0.25) is 0 Å². The van der Waals surface area contributed by atoms with E-state index in [0.717, 1.165) is 0 Å². The minimum Gasteiger partial charge on any atom is -0.870 e. The number of hydrogen-bond acceptors (Lipinski definition) is 3. The Hall–Kier alpha value is 1.33. The van der Waals surface area contributed by atoms with Crippen molar-refractivity contribution in [1.29, 1.82) is 0 Å². The van der Waals surface area contributed by atoms with E-state index in [4.69, 9.17) is 14.4 Å². The number of hydrogen-bond donors (Lipinski definition) is 1. The van der Waals surface area contributed by atoms with Gasteiger partial charge in [0.1, 0.15) is 0 Å². The van der Waals surface area contributed by atoms with Crippen LogP contribution in [0, 0.1) is 0 Å². The van der Waals surface area contributed by atoms with Gasteiger partial charge >= 0.3 is 37.8 Å². The summed E-state index contributed by atoms with van der Waals surface area (Å²) in [6, 6.07) is 0. The summed E-state index contributed by atoms with van der Waals surface area (Å²) in [5.41, 5.74) is 0. The van der Waals surface area contributed by atoms with E-state index in [2.05, 4.69) is 0 Å². The van der Waals surface area contributed by atoms with Crippen LogP contribution in [0.25, 0.3) is 0 Å². The first-order valence-electron chi connectivity index (χ1n) is 0.565. The van der Waals surface area contributed by atoms with Crippen molar-refractivity contribution in [3.8, 4) is 0 Å². The van der Waals surface area contributed by atoms with E-state index < -0.39 is 8.25 Å². The van der Waals surface area contributed by atoms with Gasteiger partial charge in [0.05, 0.1) is 0 Å². The van der Waals surface area contributed by atoms with Crippen molar-refractivity contribution in [2.24, 2.45) is 0 Å². The second-order valence-corrected chi connectivity index (χ2v) is 0.714. The molecule has 0 radical (unpaired) electrons. The van der Waals surface area contributed by atoms with E-state index in [1.165, 1.54) is 0 Å². The first-order valence-corrected chi connectivity index (χ1v) is 1.70. The molecule has 0 saturated carbocycles. The van der Waals surface area contributed by atoms with Crippen LogP contribution in [0.3, 0.4) is 0 Å². The van der Waals surface area contributed by atoms with Crippen molar-refractivity contribution in [3.63, 3.8) is 0 Å². The van der Waals surface area contributed by atoms with Gasteiger partial charge in [0.2, 0.25) is 0 Å². The largest absolute Gasteiger partial charge is 1.00 e. The molecule has 2 N–H and O–H groups in total. The zero-order chi connectivity index (χ0) is 3.58. The molecule has 0 aliphatic heterocycles. The Balaban J connectivity index is -0.0000000150. The average Bonchev–Trinajstić information content (AvgIpc) is 0.811. The summed E-state index contributed by atoms with van der Waals surface area (Å²) in [7, 11) is -3.12. The Morgan fingerprint density at radius 1 is 1.57 bits per heavy atom. The molecule has 1 atom stereocenters. The SMILES string of the molecule is O=[P+]([O-])O.[Na+].[OH-].[SH3+]. The fourth-order valence-electron chi connectivity index (χ4n) is 0. The van der Waals surface area contributed by atoms with E-state index in [1.54, 1.807) is 0 Å². The van der Waals surface area contributed by atoms with Crippen molar-refractivity contribution in [2.45, 2.75) is 0 Å². The third-order valence-electron chi connectivity index (χ3n) is 0. The van der Waals surface area contributed by atoms with Gasteiger partial charge < -0.3 is 10.4 Å². The van der Waals surface area contributed by atoms with Crippen LogP contribution in [0.5, 0.6) is 0 Å². The molecular weight excluding hydrogens is 150 g/mol. The van der Waals surface area contributed by atoms with Crippen molar-refractivity contribution >= 4 is 21.8 Å². The molecule has 1 unspecified atom stereocenters. The quantitative estimate of drug-likeness (QED) is 0.215. The van der Waals surface area contributed by atoms with Gasteiger partial charge in [-0.3, -0.25) is 0 Å². The third kappa shape index (κ3) is 118. The van der Waals surface area contributed by atoms with Gasteiger partial charge in [-0.15, -0.1) is 0 Å². The monoisotopic (exact) mass is 155 g/mol. The molecule has 0 aromatic carbocycles. The predicted octanol–water partition coefficient (Wildman–Crippen LogP) is -4.98. The summed E-state index contributed by atoms with van der Waals surface area (Å²) < 4.78 is 8.59. The molecule has 0 aliphatic carbocycles. The van der Waals surface area contributed by atoms with E-state index in [1.807, 2.05) is 0 Å². The standard InChI is InChI=1S/Na.HO3P.H2O.H2S/c;1-4(2)3;;/h;(H,1,2,3);2*1H2/q+1;;;. The van der Waals surface area contributed by atoms with Crippen molar-refractivity contribution in [1.82, 2.24) is 0 Å². The molecule has 7 heavy (non-hydrogen) atoms. The second-order valence-electron chi connectivity index (χ2n) is 0.238. The van der Waals surface area contributed by atoms with Gasteiger partial charge in [0.15, 0.2) is 0 Å². The van der Waals surface area contributed by atoms with Gasteiger partial charge in [-0.25, -0.2) is 0 Å². The fraction of sp³-hybridized carbons (Fsp3) is 0. The summed E-state index contributed by atoms with van der Waals surface area (Å²) in [5.74, 6) is 0. The minimum absolute atomic E-state index is 0. The van der Waals surface area contributed by atoms with Crippen molar-refractivity contribution in [2.75, 3.05) is 0 Å². The molecule has 7 heteroatoms. The molecule has 0 fully saturated rings. The maximum absolute atomic E-state index is 8.59. The van der Waals surface area contributed by atoms with E-state index in [-0.39, 0.29) is 48.5 Å². The Bertz CT molecular complexity index is 34.7. The van der Waals surface area contributed by atoms with Gasteiger partial charge in [0.25, 0.3) is 0 Å². The van der Waals surface area contributed by atoms with Crippen LogP contribution >= 0.6 is 8.25 Å². The van der Waals surface area contributed by atoms with Crippen LogP contribution in [-0.2, 0) is 18.1 Å². The number of rotatable bonds is 0. The van der Waals surface area contributed by atoms with Gasteiger partial charge in [-0.1, -0.05) is 13.5 Å². The molecule has 4 nitrogen and oxygen atoms in total. The van der Waals surface area contributed by atoms with Gasteiger partial charge in [-0.05, 0) is 4.57 Å². The molecule has 0 saturated heterocycles. The Morgan fingerprint density at radius 3 is 1.57 bits per heavy atom. The normalized spacial score (nSPS) is 6.29. The van der Waals surface area contributed by atoms with Gasteiger partial charge in [0, 0.05) is 0 Å². The van der Waals surface area contributed by atoms with Crippen LogP contribution in [0.1, 0.15) is 0 Å². The molecule has 40 valence electrons. The zero-order valence-corrected chi connectivity index (χ0v) is 7.78. The Morgan fingerprint density at radius 2 is 1.57 bits per heavy atom. The van der Waals surface area contributed by atoms with Crippen LogP contribution < -0.4 is 34.5 Å². The zero-order valence-electron chi connectivity index (χ0n) is 3.74. The van der Waals surface area contributed by atoms with Gasteiger partial charge in [-0.2, -0.15) is 4.89 Å². The molecule has 0 spiro atoms. The predicted molar refractivity (Wildman–Crippen MR) is 23.3 cm³/mol.